The first-order valence-electron chi connectivity index (χ1n) is 5.27. The molecule has 6 nitrogen and oxygen atoms in total. The number of aromatic nitrogens is 2. The number of anilines is 2. The highest BCUT2D eigenvalue weighted by Gasteiger charge is 2.07. The zero-order valence-electron chi connectivity index (χ0n) is 9.56. The highest BCUT2D eigenvalue weighted by molar-refractivity contribution is 5.47. The molecule has 0 fully saturated rings. The molecule has 4 N–H and O–H groups in total. The maximum atomic E-state index is 8.95. The zero-order valence-corrected chi connectivity index (χ0v) is 9.56. The van der Waals surface area contributed by atoms with Crippen molar-refractivity contribution in [2.24, 2.45) is 0 Å². The molecule has 1 rings (SSSR count). The Balaban J connectivity index is 2.78. The summed E-state index contributed by atoms with van der Waals surface area (Å²) in [5.74, 6) is 1.96. The van der Waals surface area contributed by atoms with Crippen LogP contribution in [-0.2, 0) is 0 Å². The number of hydrogen-bond donors (Lipinski definition) is 4. The van der Waals surface area contributed by atoms with Gasteiger partial charge in [0.2, 0.25) is 0 Å². The van der Waals surface area contributed by atoms with E-state index in [1.54, 1.807) is 13.0 Å². The van der Waals surface area contributed by atoms with Crippen molar-refractivity contribution >= 4 is 11.6 Å². The molecule has 0 saturated heterocycles. The second-order valence-corrected chi connectivity index (χ2v) is 3.42. The first kappa shape index (κ1) is 12.7. The third kappa shape index (κ3) is 3.63. The first-order valence-corrected chi connectivity index (χ1v) is 5.27. The van der Waals surface area contributed by atoms with E-state index < -0.39 is 6.04 Å². The Labute approximate surface area is 94.7 Å². The largest absolute Gasteiger partial charge is 0.394 e. The number of aliphatic hydroxyl groups is 2. The fourth-order valence-electron chi connectivity index (χ4n) is 1.27. The van der Waals surface area contributed by atoms with Gasteiger partial charge in [-0.3, -0.25) is 0 Å². The summed E-state index contributed by atoms with van der Waals surface area (Å²) in [7, 11) is 0. The summed E-state index contributed by atoms with van der Waals surface area (Å²) in [5, 5.41) is 23.9. The van der Waals surface area contributed by atoms with Crippen molar-refractivity contribution in [3.8, 4) is 0 Å². The van der Waals surface area contributed by atoms with Gasteiger partial charge in [-0.25, -0.2) is 9.97 Å². The Morgan fingerprint density at radius 1 is 1.25 bits per heavy atom. The van der Waals surface area contributed by atoms with E-state index in [4.69, 9.17) is 10.2 Å². The molecule has 0 amide bonds. The fraction of sp³-hybridized carbons (Fsp3) is 0.600. The Bertz CT molecular complexity index is 329. The zero-order chi connectivity index (χ0) is 12.0. The van der Waals surface area contributed by atoms with Crippen LogP contribution in [0.25, 0.3) is 0 Å². The molecule has 1 aromatic heterocycles. The van der Waals surface area contributed by atoms with E-state index in [1.165, 1.54) is 0 Å². The number of aliphatic hydroxyl groups excluding tert-OH is 2. The van der Waals surface area contributed by atoms with E-state index in [2.05, 4.69) is 20.6 Å². The summed E-state index contributed by atoms with van der Waals surface area (Å²) in [5.41, 5.74) is 0. The Hall–Kier alpha value is -1.40. The minimum Gasteiger partial charge on any atom is -0.394 e. The van der Waals surface area contributed by atoms with E-state index in [0.717, 1.165) is 12.4 Å². The van der Waals surface area contributed by atoms with Gasteiger partial charge in [0.05, 0.1) is 19.3 Å². The molecule has 0 aromatic carbocycles. The van der Waals surface area contributed by atoms with Crippen molar-refractivity contribution in [2.45, 2.75) is 19.9 Å². The molecule has 1 aromatic rings. The van der Waals surface area contributed by atoms with Gasteiger partial charge in [-0.2, -0.15) is 0 Å². The van der Waals surface area contributed by atoms with Gasteiger partial charge >= 0.3 is 0 Å². The maximum Gasteiger partial charge on any atom is 0.132 e. The van der Waals surface area contributed by atoms with Gasteiger partial charge in [0, 0.05) is 12.6 Å². The molecular formula is C10H18N4O2. The number of hydrogen-bond acceptors (Lipinski definition) is 6. The van der Waals surface area contributed by atoms with Crippen molar-refractivity contribution in [3.05, 3.63) is 11.9 Å². The van der Waals surface area contributed by atoms with E-state index in [0.29, 0.717) is 11.6 Å². The van der Waals surface area contributed by atoms with Crippen LogP contribution in [0.2, 0.25) is 0 Å². The lowest BCUT2D eigenvalue weighted by Crippen LogP contribution is -2.28. The third-order valence-electron chi connectivity index (χ3n) is 1.99. The minimum atomic E-state index is -0.399. The summed E-state index contributed by atoms with van der Waals surface area (Å²) < 4.78 is 0. The molecule has 0 aliphatic carbocycles. The van der Waals surface area contributed by atoms with Gasteiger partial charge in [-0.05, 0) is 13.8 Å². The molecule has 0 radical (unpaired) electrons. The Morgan fingerprint density at radius 2 is 1.88 bits per heavy atom. The SMILES string of the molecule is CCNc1cc(NC(CO)CO)nc(C)n1. The normalized spacial score (nSPS) is 10.6. The summed E-state index contributed by atoms with van der Waals surface area (Å²) in [4.78, 5) is 8.36. The van der Waals surface area contributed by atoms with Gasteiger partial charge in [0.1, 0.15) is 17.5 Å². The van der Waals surface area contributed by atoms with Crippen LogP contribution in [0.5, 0.6) is 0 Å². The Morgan fingerprint density at radius 3 is 2.44 bits per heavy atom. The van der Waals surface area contributed by atoms with Crippen LogP contribution in [0, 0.1) is 6.92 Å². The standard InChI is InChI=1S/C10H18N4O2/c1-3-11-9-4-10(13-7(2)12-9)14-8(5-15)6-16/h4,8,15-16H,3,5-6H2,1-2H3,(H2,11,12,13,14). The van der Waals surface area contributed by atoms with E-state index in [9.17, 15) is 0 Å². The second-order valence-electron chi connectivity index (χ2n) is 3.42. The lowest BCUT2D eigenvalue weighted by Gasteiger charge is -2.15. The number of aryl methyl sites for hydroxylation is 1. The first-order chi connectivity index (χ1) is 7.69. The van der Waals surface area contributed by atoms with Crippen molar-refractivity contribution in [1.82, 2.24) is 9.97 Å². The van der Waals surface area contributed by atoms with E-state index >= 15 is 0 Å². The molecule has 90 valence electrons. The molecular weight excluding hydrogens is 208 g/mol. The molecule has 6 heteroatoms. The molecule has 0 aliphatic heterocycles. The lowest BCUT2D eigenvalue weighted by molar-refractivity contribution is 0.203. The quantitative estimate of drug-likeness (QED) is 0.545. The molecule has 0 atom stereocenters. The third-order valence-corrected chi connectivity index (χ3v) is 1.99. The summed E-state index contributed by atoms with van der Waals surface area (Å²) in [6, 6.07) is 1.35. The van der Waals surface area contributed by atoms with Crippen LogP contribution < -0.4 is 10.6 Å². The van der Waals surface area contributed by atoms with Crippen LogP contribution in [0.4, 0.5) is 11.6 Å². The highest BCUT2D eigenvalue weighted by Crippen LogP contribution is 2.11. The predicted molar refractivity (Wildman–Crippen MR) is 62.5 cm³/mol. The van der Waals surface area contributed by atoms with Gasteiger partial charge in [0.15, 0.2) is 0 Å². The van der Waals surface area contributed by atoms with Crippen molar-refractivity contribution in [3.63, 3.8) is 0 Å². The monoisotopic (exact) mass is 226 g/mol. The molecule has 0 aliphatic rings. The van der Waals surface area contributed by atoms with E-state index in [-0.39, 0.29) is 13.2 Å². The van der Waals surface area contributed by atoms with Crippen molar-refractivity contribution < 1.29 is 10.2 Å². The van der Waals surface area contributed by atoms with Crippen molar-refractivity contribution in [1.29, 1.82) is 0 Å². The van der Waals surface area contributed by atoms with Crippen LogP contribution in [-0.4, -0.2) is 46.0 Å². The van der Waals surface area contributed by atoms with Gasteiger partial charge in [-0.1, -0.05) is 0 Å². The topological polar surface area (TPSA) is 90.3 Å². The fourth-order valence-corrected chi connectivity index (χ4v) is 1.27. The van der Waals surface area contributed by atoms with Crippen LogP contribution in [0.3, 0.4) is 0 Å². The number of nitrogens with one attached hydrogen (secondary N) is 2. The molecule has 0 saturated carbocycles. The summed E-state index contributed by atoms with van der Waals surface area (Å²) in [6.45, 7) is 4.26. The predicted octanol–water partition coefficient (Wildman–Crippen LogP) is -0.0181. The average Bonchev–Trinajstić information content (AvgIpc) is 2.25. The van der Waals surface area contributed by atoms with Crippen LogP contribution >= 0.6 is 0 Å². The van der Waals surface area contributed by atoms with Crippen LogP contribution in [0.1, 0.15) is 12.7 Å². The minimum absolute atomic E-state index is 0.143. The smallest absolute Gasteiger partial charge is 0.132 e. The highest BCUT2D eigenvalue weighted by atomic mass is 16.3. The van der Waals surface area contributed by atoms with Crippen molar-refractivity contribution in [2.75, 3.05) is 30.4 Å². The molecule has 1 heterocycles. The Kier molecular flexibility index (Phi) is 4.94. The molecule has 0 spiro atoms. The van der Waals surface area contributed by atoms with E-state index in [1.807, 2.05) is 6.92 Å². The van der Waals surface area contributed by atoms with Gasteiger partial charge < -0.3 is 20.8 Å². The number of nitrogens with zero attached hydrogens (tertiary/aromatic N) is 2. The number of rotatable bonds is 6. The summed E-state index contributed by atoms with van der Waals surface area (Å²) in [6.07, 6.45) is 0. The lowest BCUT2D eigenvalue weighted by atomic mass is 10.3. The average molecular weight is 226 g/mol. The second kappa shape index (κ2) is 6.24. The van der Waals surface area contributed by atoms with Gasteiger partial charge in [-0.15, -0.1) is 0 Å². The summed E-state index contributed by atoms with van der Waals surface area (Å²) >= 11 is 0. The maximum absolute atomic E-state index is 8.95. The van der Waals surface area contributed by atoms with Gasteiger partial charge in [0.25, 0.3) is 0 Å². The molecule has 0 bridgehead atoms. The molecule has 0 unspecified atom stereocenters. The molecule has 16 heavy (non-hydrogen) atoms. The van der Waals surface area contributed by atoms with Crippen LogP contribution in [0.15, 0.2) is 6.07 Å².